The third kappa shape index (κ3) is 3.26. The molecule has 0 N–H and O–H groups in total. The predicted octanol–water partition coefficient (Wildman–Crippen LogP) is 3.59. The van der Waals surface area contributed by atoms with E-state index in [-0.39, 0.29) is 24.0 Å². The molecule has 0 saturated carbocycles. The normalized spacial score (nSPS) is 20.8. The maximum atomic E-state index is 12.6. The van der Waals surface area contributed by atoms with Gasteiger partial charge in [0.25, 0.3) is 0 Å². The van der Waals surface area contributed by atoms with Crippen LogP contribution in [0.4, 0.5) is 4.79 Å². The lowest BCUT2D eigenvalue weighted by Crippen LogP contribution is -2.56. The van der Waals surface area contributed by atoms with Gasteiger partial charge in [-0.2, -0.15) is 0 Å². The first kappa shape index (κ1) is 15.5. The summed E-state index contributed by atoms with van der Waals surface area (Å²) in [5.41, 5.74) is 1.11. The molecule has 1 aromatic rings. The summed E-state index contributed by atoms with van der Waals surface area (Å²) in [6.45, 7) is 4.17. The number of rotatable bonds is 5. The minimum atomic E-state index is -0.177. The Balaban J connectivity index is 2.26. The lowest BCUT2D eigenvalue weighted by molar-refractivity contribution is -0.132. The molecule has 0 bridgehead atoms. The molecule has 1 aliphatic rings. The van der Waals surface area contributed by atoms with Gasteiger partial charge in [0.05, 0.1) is 6.04 Å². The van der Waals surface area contributed by atoms with Gasteiger partial charge in [-0.3, -0.25) is 9.69 Å². The molecule has 2 rings (SSSR count). The van der Waals surface area contributed by atoms with E-state index in [1.54, 1.807) is 7.05 Å². The second-order valence-electron chi connectivity index (χ2n) is 5.73. The van der Waals surface area contributed by atoms with Crippen molar-refractivity contribution in [1.29, 1.82) is 0 Å². The molecule has 0 aliphatic carbocycles. The van der Waals surface area contributed by atoms with Crippen LogP contribution in [0.25, 0.3) is 0 Å². The van der Waals surface area contributed by atoms with Crippen LogP contribution in [0.3, 0.4) is 0 Å². The fraction of sp³-hybridized carbons (Fsp3) is 0.529. The highest BCUT2D eigenvalue weighted by Gasteiger charge is 2.39. The van der Waals surface area contributed by atoms with Crippen molar-refractivity contribution < 1.29 is 9.59 Å². The van der Waals surface area contributed by atoms with Crippen molar-refractivity contribution in [3.05, 3.63) is 35.9 Å². The van der Waals surface area contributed by atoms with Gasteiger partial charge >= 0.3 is 6.03 Å². The van der Waals surface area contributed by atoms with Crippen LogP contribution in [-0.4, -0.2) is 34.8 Å². The summed E-state index contributed by atoms with van der Waals surface area (Å²) in [4.78, 5) is 27.6. The highest BCUT2D eigenvalue weighted by Crippen LogP contribution is 2.30. The molecule has 4 heteroatoms. The second kappa shape index (κ2) is 6.74. The van der Waals surface area contributed by atoms with Crippen molar-refractivity contribution in [2.45, 2.75) is 51.6 Å². The number of hydrogen-bond donors (Lipinski definition) is 0. The van der Waals surface area contributed by atoms with Gasteiger partial charge in [-0.05, 0) is 18.9 Å². The van der Waals surface area contributed by atoms with E-state index in [9.17, 15) is 9.59 Å². The van der Waals surface area contributed by atoms with Crippen LogP contribution in [0.2, 0.25) is 0 Å². The van der Waals surface area contributed by atoms with Gasteiger partial charge in [0.2, 0.25) is 5.91 Å². The van der Waals surface area contributed by atoms with Crippen molar-refractivity contribution in [3.63, 3.8) is 0 Å². The first-order valence-corrected chi connectivity index (χ1v) is 7.70. The Labute approximate surface area is 126 Å². The fourth-order valence-corrected chi connectivity index (χ4v) is 2.93. The minimum absolute atomic E-state index is 0.0105. The number of carbonyl (C=O) groups is 2. The molecule has 1 aromatic carbocycles. The summed E-state index contributed by atoms with van der Waals surface area (Å²) in [7, 11) is 1.57. The number of benzene rings is 1. The molecule has 2 atom stereocenters. The van der Waals surface area contributed by atoms with E-state index in [1.807, 2.05) is 42.2 Å². The standard InChI is InChI=1S/C17H24N2O2/c1-4-5-11-15-12-16(20)18(3)17(21)19(15)13(2)14-9-7-6-8-10-14/h6-10,13,15H,4-5,11-12H2,1-3H3/t13-,15+/m1/s1. The van der Waals surface area contributed by atoms with E-state index in [0.29, 0.717) is 6.42 Å². The first-order valence-electron chi connectivity index (χ1n) is 7.70. The van der Waals surface area contributed by atoms with Crippen molar-refractivity contribution >= 4 is 11.9 Å². The number of urea groups is 1. The average Bonchev–Trinajstić information content (AvgIpc) is 2.51. The third-order valence-electron chi connectivity index (χ3n) is 4.28. The topological polar surface area (TPSA) is 40.6 Å². The number of carbonyl (C=O) groups excluding carboxylic acids is 2. The predicted molar refractivity (Wildman–Crippen MR) is 82.8 cm³/mol. The van der Waals surface area contributed by atoms with E-state index in [4.69, 9.17) is 0 Å². The zero-order valence-corrected chi connectivity index (χ0v) is 13.1. The summed E-state index contributed by atoms with van der Waals surface area (Å²) in [5.74, 6) is -0.0717. The molecule has 0 spiro atoms. The molecule has 1 saturated heterocycles. The Hall–Kier alpha value is -1.84. The molecule has 114 valence electrons. The minimum Gasteiger partial charge on any atom is -0.314 e. The summed E-state index contributed by atoms with van der Waals surface area (Å²) >= 11 is 0. The molecular formula is C17H24N2O2. The molecular weight excluding hydrogens is 264 g/mol. The number of hydrogen-bond acceptors (Lipinski definition) is 2. The Morgan fingerprint density at radius 2 is 1.90 bits per heavy atom. The van der Waals surface area contributed by atoms with Gasteiger partial charge in [-0.1, -0.05) is 50.1 Å². The van der Waals surface area contributed by atoms with Crippen molar-refractivity contribution in [2.75, 3.05) is 7.05 Å². The Bertz CT molecular complexity index is 501. The van der Waals surface area contributed by atoms with E-state index in [0.717, 1.165) is 24.8 Å². The van der Waals surface area contributed by atoms with Gasteiger partial charge in [0.15, 0.2) is 0 Å². The van der Waals surface area contributed by atoms with Gasteiger partial charge in [0.1, 0.15) is 0 Å². The maximum Gasteiger partial charge on any atom is 0.327 e. The number of unbranched alkanes of at least 4 members (excludes halogenated alkanes) is 1. The van der Waals surface area contributed by atoms with Gasteiger partial charge in [-0.25, -0.2) is 4.79 Å². The average molecular weight is 288 g/mol. The molecule has 1 heterocycles. The van der Waals surface area contributed by atoms with Gasteiger partial charge in [0, 0.05) is 19.5 Å². The number of imide groups is 1. The molecule has 3 amide bonds. The van der Waals surface area contributed by atoms with Gasteiger partial charge in [-0.15, -0.1) is 0 Å². The van der Waals surface area contributed by atoms with Crippen molar-refractivity contribution in [3.8, 4) is 0 Å². The van der Waals surface area contributed by atoms with Crippen molar-refractivity contribution in [1.82, 2.24) is 9.80 Å². The molecule has 0 unspecified atom stereocenters. The fourth-order valence-electron chi connectivity index (χ4n) is 2.93. The monoisotopic (exact) mass is 288 g/mol. The Morgan fingerprint density at radius 3 is 2.52 bits per heavy atom. The third-order valence-corrected chi connectivity index (χ3v) is 4.28. The van der Waals surface area contributed by atoms with Crippen LogP contribution in [0.5, 0.6) is 0 Å². The SMILES string of the molecule is CCCC[C@H]1CC(=O)N(C)C(=O)N1[C@H](C)c1ccccc1. The molecule has 0 aromatic heterocycles. The first-order chi connectivity index (χ1) is 10.1. The highest BCUT2D eigenvalue weighted by molar-refractivity contribution is 5.97. The molecule has 1 aliphatic heterocycles. The van der Waals surface area contributed by atoms with E-state index in [1.165, 1.54) is 4.90 Å². The maximum absolute atomic E-state index is 12.6. The van der Waals surface area contributed by atoms with Crippen LogP contribution >= 0.6 is 0 Å². The largest absolute Gasteiger partial charge is 0.327 e. The van der Waals surface area contributed by atoms with Crippen molar-refractivity contribution in [2.24, 2.45) is 0 Å². The van der Waals surface area contributed by atoms with Gasteiger partial charge < -0.3 is 4.90 Å². The smallest absolute Gasteiger partial charge is 0.314 e. The summed E-state index contributed by atoms with van der Waals surface area (Å²) in [5, 5.41) is 0. The van der Waals surface area contributed by atoms with E-state index in [2.05, 4.69) is 6.92 Å². The Kier molecular flexibility index (Phi) is 4.99. The summed E-state index contributed by atoms with van der Waals surface area (Å²) in [6.07, 6.45) is 3.42. The van der Waals surface area contributed by atoms with Crippen LogP contribution in [0, 0.1) is 0 Å². The van der Waals surface area contributed by atoms with Crippen LogP contribution < -0.4 is 0 Å². The van der Waals surface area contributed by atoms with Crippen LogP contribution in [0.15, 0.2) is 30.3 Å². The molecule has 21 heavy (non-hydrogen) atoms. The summed E-state index contributed by atoms with van der Waals surface area (Å²) < 4.78 is 0. The van der Waals surface area contributed by atoms with E-state index >= 15 is 0 Å². The van der Waals surface area contributed by atoms with Crippen LogP contribution in [0.1, 0.15) is 51.1 Å². The Morgan fingerprint density at radius 1 is 1.24 bits per heavy atom. The number of amides is 3. The zero-order chi connectivity index (χ0) is 15.4. The van der Waals surface area contributed by atoms with Crippen LogP contribution in [-0.2, 0) is 4.79 Å². The molecule has 0 radical (unpaired) electrons. The second-order valence-corrected chi connectivity index (χ2v) is 5.73. The quantitative estimate of drug-likeness (QED) is 0.830. The number of nitrogens with zero attached hydrogens (tertiary/aromatic N) is 2. The lowest BCUT2D eigenvalue weighted by atomic mass is 9.97. The zero-order valence-electron chi connectivity index (χ0n) is 13.1. The van der Waals surface area contributed by atoms with E-state index < -0.39 is 0 Å². The molecule has 4 nitrogen and oxygen atoms in total. The summed E-state index contributed by atoms with van der Waals surface area (Å²) in [6, 6.07) is 9.82. The molecule has 1 fully saturated rings. The highest BCUT2D eigenvalue weighted by atomic mass is 16.2. The lowest BCUT2D eigenvalue weighted by Gasteiger charge is -2.42.